The van der Waals surface area contributed by atoms with Crippen molar-refractivity contribution in [3.8, 4) is 11.4 Å². The van der Waals surface area contributed by atoms with Crippen LogP contribution in [0.1, 0.15) is 17.5 Å². The summed E-state index contributed by atoms with van der Waals surface area (Å²) in [6.07, 6.45) is -0.651. The molecule has 6 nitrogen and oxygen atoms in total. The van der Waals surface area contributed by atoms with E-state index in [-0.39, 0.29) is 5.91 Å². The number of rotatable bonds is 5. The van der Waals surface area contributed by atoms with Gasteiger partial charge in [0.2, 0.25) is 0 Å². The van der Waals surface area contributed by atoms with Crippen LogP contribution in [0.5, 0.6) is 0 Å². The van der Waals surface area contributed by atoms with Gasteiger partial charge in [-0.25, -0.2) is 4.98 Å². The lowest BCUT2D eigenvalue weighted by Gasteiger charge is -2.15. The lowest BCUT2D eigenvalue weighted by molar-refractivity contribution is -0.126. The van der Waals surface area contributed by atoms with Crippen molar-refractivity contribution >= 4 is 11.6 Å². The number of hydrogen-bond donors (Lipinski definition) is 2. The summed E-state index contributed by atoms with van der Waals surface area (Å²) in [5, 5.41) is 9.78. The van der Waals surface area contributed by atoms with Crippen LogP contribution in [0.4, 0.5) is 5.69 Å². The fourth-order valence-electron chi connectivity index (χ4n) is 2.40. The van der Waals surface area contributed by atoms with Gasteiger partial charge in [0.25, 0.3) is 5.91 Å². The topological polar surface area (TPSA) is 79.9 Å². The highest BCUT2D eigenvalue weighted by Gasteiger charge is 2.19. The third-order valence-corrected chi connectivity index (χ3v) is 3.58. The molecule has 6 heteroatoms. The second-order valence-electron chi connectivity index (χ2n) is 5.34. The first-order chi connectivity index (χ1) is 11.7. The summed E-state index contributed by atoms with van der Waals surface area (Å²) in [7, 11) is 1.52. The normalized spacial score (nSPS) is 11.9. The molecule has 2 N–H and O–H groups in total. The number of hydrogen-bond acceptors (Lipinski definition) is 4. The van der Waals surface area contributed by atoms with Gasteiger partial charge in [-0.2, -0.15) is 5.10 Å². The third kappa shape index (κ3) is 3.49. The Kier molecular flexibility index (Phi) is 4.67. The number of amides is 1. The van der Waals surface area contributed by atoms with E-state index in [9.17, 15) is 4.79 Å². The van der Waals surface area contributed by atoms with E-state index in [0.717, 1.165) is 17.0 Å². The highest BCUT2D eigenvalue weighted by atomic mass is 16.5. The van der Waals surface area contributed by atoms with Crippen LogP contribution in [-0.2, 0) is 9.53 Å². The number of anilines is 1. The molecule has 0 aliphatic rings. The van der Waals surface area contributed by atoms with Crippen molar-refractivity contribution in [2.75, 3.05) is 12.4 Å². The van der Waals surface area contributed by atoms with E-state index in [0.29, 0.717) is 11.5 Å². The molecule has 1 aromatic heterocycles. The number of methoxy groups -OCH3 is 1. The number of aromatic amines is 1. The molecule has 1 atom stereocenters. The molecular formula is C18H18N4O2. The van der Waals surface area contributed by atoms with Gasteiger partial charge in [0.1, 0.15) is 5.82 Å². The molecule has 3 aromatic rings. The van der Waals surface area contributed by atoms with Crippen LogP contribution in [-0.4, -0.2) is 28.2 Å². The fourth-order valence-corrected chi connectivity index (χ4v) is 2.40. The minimum atomic E-state index is -0.651. The molecular weight excluding hydrogens is 304 g/mol. The first-order valence-electron chi connectivity index (χ1n) is 7.55. The minimum absolute atomic E-state index is 0.217. The van der Waals surface area contributed by atoms with Crippen molar-refractivity contribution in [2.24, 2.45) is 0 Å². The Balaban J connectivity index is 1.72. The SMILES string of the molecule is CO[C@H](C(=O)Nc1ccc(-c2n[nH]c(C)n2)cc1)c1ccccc1. The van der Waals surface area contributed by atoms with Crippen molar-refractivity contribution in [3.05, 3.63) is 66.0 Å². The van der Waals surface area contributed by atoms with E-state index in [1.54, 1.807) is 0 Å². The van der Waals surface area contributed by atoms with E-state index in [4.69, 9.17) is 4.74 Å². The summed E-state index contributed by atoms with van der Waals surface area (Å²) in [4.78, 5) is 16.7. The molecule has 0 bridgehead atoms. The van der Waals surface area contributed by atoms with Crippen LogP contribution in [0.2, 0.25) is 0 Å². The largest absolute Gasteiger partial charge is 0.367 e. The molecule has 0 saturated carbocycles. The van der Waals surface area contributed by atoms with Gasteiger partial charge in [-0.1, -0.05) is 30.3 Å². The quantitative estimate of drug-likeness (QED) is 0.756. The summed E-state index contributed by atoms with van der Waals surface area (Å²) < 4.78 is 5.33. The number of aryl methyl sites for hydroxylation is 1. The summed E-state index contributed by atoms with van der Waals surface area (Å²) in [5.41, 5.74) is 2.38. The molecule has 0 unspecified atom stereocenters. The second-order valence-corrected chi connectivity index (χ2v) is 5.34. The van der Waals surface area contributed by atoms with E-state index < -0.39 is 6.10 Å². The number of aromatic nitrogens is 3. The first-order valence-corrected chi connectivity index (χ1v) is 7.55. The van der Waals surface area contributed by atoms with Gasteiger partial charge >= 0.3 is 0 Å². The van der Waals surface area contributed by atoms with Gasteiger partial charge in [-0.3, -0.25) is 9.89 Å². The summed E-state index contributed by atoms with van der Waals surface area (Å²) in [6, 6.07) is 16.7. The zero-order valence-electron chi connectivity index (χ0n) is 13.5. The number of H-pyrrole nitrogens is 1. The van der Waals surface area contributed by atoms with Gasteiger partial charge in [-0.15, -0.1) is 0 Å². The van der Waals surface area contributed by atoms with Gasteiger partial charge in [0.05, 0.1) is 0 Å². The molecule has 1 heterocycles. The average molecular weight is 322 g/mol. The first kappa shape index (κ1) is 15.9. The number of carbonyl (C=O) groups excluding carboxylic acids is 1. The predicted octanol–water partition coefficient (Wildman–Crippen LogP) is 3.11. The molecule has 0 saturated heterocycles. The molecule has 0 aliphatic carbocycles. The highest BCUT2D eigenvalue weighted by molar-refractivity contribution is 5.95. The predicted molar refractivity (Wildman–Crippen MR) is 91.4 cm³/mol. The van der Waals surface area contributed by atoms with Crippen molar-refractivity contribution in [1.82, 2.24) is 15.2 Å². The van der Waals surface area contributed by atoms with Gasteiger partial charge in [0, 0.05) is 18.4 Å². The maximum absolute atomic E-state index is 12.4. The molecule has 0 fully saturated rings. The molecule has 2 aromatic carbocycles. The average Bonchev–Trinajstić information content (AvgIpc) is 3.04. The van der Waals surface area contributed by atoms with E-state index in [1.165, 1.54) is 7.11 Å². The Morgan fingerprint density at radius 1 is 1.12 bits per heavy atom. The lowest BCUT2D eigenvalue weighted by Crippen LogP contribution is -2.22. The molecule has 3 rings (SSSR count). The molecule has 0 aliphatic heterocycles. The number of nitrogens with one attached hydrogen (secondary N) is 2. The number of carbonyl (C=O) groups is 1. The lowest BCUT2D eigenvalue weighted by atomic mass is 10.1. The van der Waals surface area contributed by atoms with Crippen LogP contribution in [0.25, 0.3) is 11.4 Å². The Hall–Kier alpha value is -2.99. The van der Waals surface area contributed by atoms with Crippen molar-refractivity contribution in [3.63, 3.8) is 0 Å². The maximum Gasteiger partial charge on any atom is 0.258 e. The standard InChI is InChI=1S/C18H18N4O2/c1-12-19-17(22-21-12)14-8-10-15(11-9-14)20-18(23)16(24-2)13-6-4-3-5-7-13/h3-11,16H,1-2H3,(H,20,23)(H,19,21,22)/t16-/m0/s1. The smallest absolute Gasteiger partial charge is 0.258 e. The van der Waals surface area contributed by atoms with Gasteiger partial charge in [0.15, 0.2) is 11.9 Å². The van der Waals surface area contributed by atoms with E-state index in [2.05, 4.69) is 20.5 Å². The third-order valence-electron chi connectivity index (χ3n) is 3.58. The van der Waals surface area contributed by atoms with Crippen molar-refractivity contribution in [1.29, 1.82) is 0 Å². The zero-order chi connectivity index (χ0) is 16.9. The Morgan fingerprint density at radius 2 is 1.83 bits per heavy atom. The van der Waals surface area contributed by atoms with Gasteiger partial charge < -0.3 is 10.1 Å². The highest BCUT2D eigenvalue weighted by Crippen LogP contribution is 2.21. The van der Waals surface area contributed by atoms with E-state index in [1.807, 2.05) is 61.5 Å². The number of benzene rings is 2. The molecule has 0 spiro atoms. The minimum Gasteiger partial charge on any atom is -0.367 e. The molecule has 24 heavy (non-hydrogen) atoms. The van der Waals surface area contributed by atoms with Crippen molar-refractivity contribution in [2.45, 2.75) is 13.0 Å². The summed E-state index contributed by atoms with van der Waals surface area (Å²) in [5.74, 6) is 1.17. The Morgan fingerprint density at radius 3 is 2.42 bits per heavy atom. The van der Waals surface area contributed by atoms with Crippen LogP contribution < -0.4 is 5.32 Å². The van der Waals surface area contributed by atoms with Gasteiger partial charge in [-0.05, 0) is 36.8 Å². The number of nitrogens with zero attached hydrogens (tertiary/aromatic N) is 2. The summed E-state index contributed by atoms with van der Waals surface area (Å²) in [6.45, 7) is 1.85. The van der Waals surface area contributed by atoms with Crippen LogP contribution in [0, 0.1) is 6.92 Å². The Bertz CT molecular complexity index is 813. The molecule has 122 valence electrons. The molecule has 0 radical (unpaired) electrons. The monoisotopic (exact) mass is 322 g/mol. The second kappa shape index (κ2) is 7.06. The van der Waals surface area contributed by atoms with Crippen LogP contribution >= 0.6 is 0 Å². The number of ether oxygens (including phenoxy) is 1. The summed E-state index contributed by atoms with van der Waals surface area (Å²) >= 11 is 0. The molecule has 1 amide bonds. The van der Waals surface area contributed by atoms with Crippen LogP contribution in [0.3, 0.4) is 0 Å². The van der Waals surface area contributed by atoms with Crippen LogP contribution in [0.15, 0.2) is 54.6 Å². The maximum atomic E-state index is 12.4. The zero-order valence-corrected chi connectivity index (χ0v) is 13.5. The van der Waals surface area contributed by atoms with E-state index >= 15 is 0 Å². The fraction of sp³-hybridized carbons (Fsp3) is 0.167. The van der Waals surface area contributed by atoms with Crippen molar-refractivity contribution < 1.29 is 9.53 Å². The Labute approximate surface area is 139 Å².